The molecule has 2 unspecified atom stereocenters. The van der Waals surface area contributed by atoms with Crippen molar-refractivity contribution in [3.8, 4) is 11.5 Å². The van der Waals surface area contributed by atoms with E-state index in [1.807, 2.05) is 30.3 Å². The molecule has 0 amide bonds. The number of aryl methyl sites for hydroxylation is 1. The number of hydrogen-bond acceptors (Lipinski definition) is 7. The molecule has 0 bridgehead atoms. The van der Waals surface area contributed by atoms with E-state index in [2.05, 4.69) is 0 Å². The van der Waals surface area contributed by atoms with Gasteiger partial charge in [-0.05, 0) is 61.8 Å². The van der Waals surface area contributed by atoms with E-state index in [9.17, 15) is 19.2 Å². The molecule has 2 atom stereocenters. The molecule has 0 radical (unpaired) electrons. The fraction of sp³-hybridized carbons (Fsp3) is 0.375. The molecule has 0 saturated carbocycles. The highest BCUT2D eigenvalue weighted by Gasteiger charge is 2.37. The van der Waals surface area contributed by atoms with Crippen LogP contribution in [0.2, 0.25) is 0 Å². The van der Waals surface area contributed by atoms with Crippen LogP contribution in [0.15, 0.2) is 47.3 Å². The van der Waals surface area contributed by atoms with Crippen LogP contribution in [0.4, 0.5) is 0 Å². The number of esters is 2. The van der Waals surface area contributed by atoms with Gasteiger partial charge in [-0.1, -0.05) is 30.4 Å². The van der Waals surface area contributed by atoms with Crippen LogP contribution in [0.25, 0.3) is 17.0 Å². The number of carbonyl (C=O) groups is 3. The molecule has 40 heavy (non-hydrogen) atoms. The summed E-state index contributed by atoms with van der Waals surface area (Å²) in [7, 11) is 3.16. The Morgan fingerprint density at radius 3 is 2.60 bits per heavy atom. The molecule has 0 aliphatic carbocycles. The van der Waals surface area contributed by atoms with Gasteiger partial charge in [0.2, 0.25) is 0 Å². The number of carbonyl (C=O) groups excluding carboxylic acids is 3. The van der Waals surface area contributed by atoms with E-state index >= 15 is 0 Å². The number of ether oxygens (including phenoxy) is 3. The van der Waals surface area contributed by atoms with E-state index in [-0.39, 0.29) is 34.8 Å². The Bertz CT molecular complexity index is 1580. The number of Topliss-reactive ketones (excluding diaryl/α,β-unsaturated/α-hetero) is 1. The number of cyclic esters (lactones) is 1. The molecule has 208 valence electrons. The lowest BCUT2D eigenvalue weighted by Gasteiger charge is -2.29. The number of benzene rings is 2. The molecule has 1 aromatic heterocycles. The van der Waals surface area contributed by atoms with Gasteiger partial charge in [-0.3, -0.25) is 14.4 Å². The van der Waals surface area contributed by atoms with Gasteiger partial charge in [0, 0.05) is 36.9 Å². The second-order valence-electron chi connectivity index (χ2n) is 10.5. The fourth-order valence-electron chi connectivity index (χ4n) is 5.67. The third kappa shape index (κ3) is 5.30. The third-order valence-corrected chi connectivity index (χ3v) is 7.70. The van der Waals surface area contributed by atoms with Crippen LogP contribution in [-0.2, 0) is 21.4 Å². The van der Waals surface area contributed by atoms with E-state index in [1.54, 1.807) is 36.7 Å². The first-order valence-electron chi connectivity index (χ1n) is 13.7. The number of nitrogens with zero attached hydrogens (tertiary/aromatic N) is 1. The zero-order chi connectivity index (χ0) is 28.4. The lowest BCUT2D eigenvalue weighted by molar-refractivity contribution is -0.135. The Balaban J connectivity index is 1.70. The smallest absolute Gasteiger partial charge is 0.342 e. The summed E-state index contributed by atoms with van der Waals surface area (Å²) in [6.07, 6.45) is 6.68. The standard InChI is InChI=1S/C32H33NO7/c1-19-10-9-14-22(34)13-6-4-5-12-21-17-26-29(30(38-3)28(21)32(37)39-19)23(18-27(35)40-26)24-16-20-11-7-8-15-25(20)33(2)31(24)36/h5,7-8,11-12,15-17,19,23H,4,6,9-10,13-14,18H2,1-3H3. The van der Waals surface area contributed by atoms with Gasteiger partial charge in [-0.2, -0.15) is 0 Å². The quantitative estimate of drug-likeness (QED) is 0.312. The van der Waals surface area contributed by atoms with Gasteiger partial charge in [0.1, 0.15) is 22.8 Å². The van der Waals surface area contributed by atoms with Gasteiger partial charge in [-0.15, -0.1) is 0 Å². The number of fused-ring (bicyclic) bond motifs is 3. The summed E-state index contributed by atoms with van der Waals surface area (Å²) in [5.41, 5.74) is 2.12. The van der Waals surface area contributed by atoms with Crippen LogP contribution >= 0.6 is 0 Å². The van der Waals surface area contributed by atoms with Crippen LogP contribution in [0.1, 0.15) is 84.8 Å². The zero-order valence-electron chi connectivity index (χ0n) is 23.0. The predicted octanol–water partition coefficient (Wildman–Crippen LogP) is 5.47. The molecule has 0 saturated heterocycles. The monoisotopic (exact) mass is 543 g/mol. The molecular weight excluding hydrogens is 510 g/mol. The largest absolute Gasteiger partial charge is 0.495 e. The minimum absolute atomic E-state index is 0.0783. The highest BCUT2D eigenvalue weighted by atomic mass is 16.5. The normalized spacial score (nSPS) is 20.2. The summed E-state index contributed by atoms with van der Waals surface area (Å²) in [5, 5.41) is 0.854. The first-order valence-corrected chi connectivity index (χ1v) is 13.7. The highest BCUT2D eigenvalue weighted by molar-refractivity contribution is 5.99. The first-order chi connectivity index (χ1) is 19.3. The maximum absolute atomic E-state index is 13.6. The molecule has 0 N–H and O–H groups in total. The predicted molar refractivity (Wildman–Crippen MR) is 151 cm³/mol. The van der Waals surface area contributed by atoms with Crippen molar-refractivity contribution in [1.82, 2.24) is 4.57 Å². The van der Waals surface area contributed by atoms with Crippen molar-refractivity contribution in [2.45, 2.75) is 63.9 Å². The van der Waals surface area contributed by atoms with Gasteiger partial charge in [0.15, 0.2) is 0 Å². The number of rotatable bonds is 2. The second-order valence-corrected chi connectivity index (χ2v) is 10.5. The number of hydrogen-bond donors (Lipinski definition) is 0. The van der Waals surface area contributed by atoms with Gasteiger partial charge in [0.05, 0.1) is 25.2 Å². The molecule has 2 aromatic carbocycles. The van der Waals surface area contributed by atoms with Crippen molar-refractivity contribution in [3.05, 3.63) is 75.1 Å². The second kappa shape index (κ2) is 11.5. The first kappa shape index (κ1) is 27.4. The summed E-state index contributed by atoms with van der Waals surface area (Å²) >= 11 is 0. The molecule has 0 spiro atoms. The Hall–Kier alpha value is -4.20. The molecule has 2 aliphatic rings. The molecule has 8 nitrogen and oxygen atoms in total. The number of aromatic nitrogens is 1. The van der Waals surface area contributed by atoms with Gasteiger partial charge >= 0.3 is 11.9 Å². The Morgan fingerprint density at radius 2 is 1.80 bits per heavy atom. The van der Waals surface area contributed by atoms with Gasteiger partial charge in [-0.25, -0.2) is 4.79 Å². The van der Waals surface area contributed by atoms with E-state index < -0.39 is 24.0 Å². The Labute approximate surface area is 232 Å². The minimum atomic E-state index is -0.687. The third-order valence-electron chi connectivity index (χ3n) is 7.70. The number of ketones is 1. The SMILES string of the molecule is COc1c2c(cc3c1C(c1cc4ccccc4n(C)c1=O)CC(=O)O3)C=CCCCC(=O)CCCC(C)OC2=O. The van der Waals surface area contributed by atoms with Crippen molar-refractivity contribution in [1.29, 1.82) is 0 Å². The molecule has 5 rings (SSSR count). The molecule has 3 heterocycles. The average Bonchev–Trinajstić information content (AvgIpc) is 2.93. The summed E-state index contributed by atoms with van der Waals surface area (Å²) in [6, 6.07) is 11.0. The summed E-state index contributed by atoms with van der Waals surface area (Å²) in [6.45, 7) is 1.80. The van der Waals surface area contributed by atoms with E-state index in [4.69, 9.17) is 14.2 Å². The molecule has 2 aliphatic heterocycles. The van der Waals surface area contributed by atoms with Crippen LogP contribution < -0.4 is 15.0 Å². The van der Waals surface area contributed by atoms with E-state index in [0.717, 1.165) is 10.9 Å². The van der Waals surface area contributed by atoms with Crippen molar-refractivity contribution in [3.63, 3.8) is 0 Å². The van der Waals surface area contributed by atoms with Crippen molar-refractivity contribution in [2.24, 2.45) is 7.05 Å². The maximum Gasteiger partial charge on any atom is 0.342 e. The van der Waals surface area contributed by atoms with Gasteiger partial charge in [0.25, 0.3) is 5.56 Å². The fourth-order valence-corrected chi connectivity index (χ4v) is 5.67. The van der Waals surface area contributed by atoms with Crippen LogP contribution in [-0.4, -0.2) is 35.5 Å². The highest BCUT2D eigenvalue weighted by Crippen LogP contribution is 2.47. The van der Waals surface area contributed by atoms with E-state index in [0.29, 0.717) is 55.2 Å². The van der Waals surface area contributed by atoms with Crippen molar-refractivity contribution >= 4 is 34.7 Å². The maximum atomic E-state index is 13.6. The molecular formula is C32H33NO7. The van der Waals surface area contributed by atoms with E-state index in [1.165, 1.54) is 7.11 Å². The molecule has 0 fully saturated rings. The number of pyridine rings is 1. The topological polar surface area (TPSA) is 101 Å². The average molecular weight is 544 g/mol. The minimum Gasteiger partial charge on any atom is -0.495 e. The summed E-state index contributed by atoms with van der Waals surface area (Å²) < 4.78 is 18.9. The van der Waals surface area contributed by atoms with Crippen molar-refractivity contribution in [2.75, 3.05) is 7.11 Å². The number of methoxy groups -OCH3 is 1. The summed E-state index contributed by atoms with van der Waals surface area (Å²) in [5.74, 6) is -1.06. The zero-order valence-corrected chi connectivity index (χ0v) is 23.0. The summed E-state index contributed by atoms with van der Waals surface area (Å²) in [4.78, 5) is 52.2. The molecule has 8 heteroatoms. The van der Waals surface area contributed by atoms with Crippen molar-refractivity contribution < 1.29 is 28.6 Å². The Kier molecular flexibility index (Phi) is 7.87. The van der Waals surface area contributed by atoms with Crippen LogP contribution in [0.3, 0.4) is 0 Å². The molecule has 3 aromatic rings. The van der Waals surface area contributed by atoms with Crippen LogP contribution in [0, 0.1) is 0 Å². The van der Waals surface area contributed by atoms with Gasteiger partial charge < -0.3 is 18.8 Å². The number of allylic oxidation sites excluding steroid dienone is 1. The lowest BCUT2D eigenvalue weighted by Crippen LogP contribution is -2.29. The van der Waals surface area contributed by atoms with Crippen LogP contribution in [0.5, 0.6) is 11.5 Å². The number of para-hydroxylation sites is 1. The Morgan fingerprint density at radius 1 is 1.02 bits per heavy atom. The lowest BCUT2D eigenvalue weighted by atomic mass is 9.83.